The fourth-order valence-electron chi connectivity index (χ4n) is 1.51. The van der Waals surface area contributed by atoms with E-state index in [0.717, 1.165) is 6.20 Å². The molecule has 7 nitrogen and oxygen atoms in total. The van der Waals surface area contributed by atoms with Crippen molar-refractivity contribution in [3.8, 4) is 0 Å². The van der Waals surface area contributed by atoms with Gasteiger partial charge in [0, 0.05) is 7.05 Å². The normalized spacial score (nSPS) is 11.7. The van der Waals surface area contributed by atoms with Crippen molar-refractivity contribution < 1.29 is 13.2 Å². The van der Waals surface area contributed by atoms with Gasteiger partial charge >= 0.3 is 6.18 Å². The summed E-state index contributed by atoms with van der Waals surface area (Å²) >= 11 is 2.97. The van der Waals surface area contributed by atoms with E-state index in [0.29, 0.717) is 10.5 Å². The second kappa shape index (κ2) is 5.84. The van der Waals surface area contributed by atoms with Gasteiger partial charge in [-0.1, -0.05) is 0 Å². The Morgan fingerprint density at radius 2 is 2.14 bits per heavy atom. The molecule has 0 aromatic carbocycles. The molecule has 0 bridgehead atoms. The zero-order valence-electron chi connectivity index (χ0n) is 10.7. The lowest BCUT2D eigenvalue weighted by atomic mass is 10.4. The van der Waals surface area contributed by atoms with Crippen molar-refractivity contribution in [1.82, 2.24) is 24.5 Å². The van der Waals surface area contributed by atoms with E-state index < -0.39 is 18.3 Å². The van der Waals surface area contributed by atoms with Crippen LogP contribution < -0.4 is 10.9 Å². The summed E-state index contributed by atoms with van der Waals surface area (Å²) in [6, 6.07) is 0. The molecule has 0 radical (unpaired) electrons. The van der Waals surface area contributed by atoms with E-state index in [1.165, 1.54) is 11.0 Å². The molecule has 11 heteroatoms. The van der Waals surface area contributed by atoms with Crippen LogP contribution in [0.1, 0.15) is 5.82 Å². The number of hydrogen-bond donors (Lipinski definition) is 1. The minimum Gasteiger partial charge on any atom is -0.375 e. The number of nitrogens with one attached hydrogen (secondary N) is 1. The van der Waals surface area contributed by atoms with Gasteiger partial charge in [-0.3, -0.25) is 9.48 Å². The summed E-state index contributed by atoms with van der Waals surface area (Å²) < 4.78 is 38.6. The Morgan fingerprint density at radius 3 is 2.71 bits per heavy atom. The van der Waals surface area contributed by atoms with E-state index in [2.05, 4.69) is 36.4 Å². The van der Waals surface area contributed by atoms with Crippen LogP contribution in [0.4, 0.5) is 18.9 Å². The van der Waals surface area contributed by atoms with Gasteiger partial charge in [0.1, 0.15) is 17.3 Å². The average molecular weight is 367 g/mol. The fraction of sp³-hybridized carbons (Fsp3) is 0.400. The molecule has 2 aromatic rings. The van der Waals surface area contributed by atoms with Gasteiger partial charge in [0.15, 0.2) is 5.82 Å². The molecule has 2 heterocycles. The van der Waals surface area contributed by atoms with E-state index in [4.69, 9.17) is 0 Å². The first-order chi connectivity index (χ1) is 9.76. The summed E-state index contributed by atoms with van der Waals surface area (Å²) in [5.41, 5.74) is -0.600. The largest absolute Gasteiger partial charge is 0.408 e. The summed E-state index contributed by atoms with van der Waals surface area (Å²) in [5, 5.41) is 10.3. The average Bonchev–Trinajstić information content (AvgIpc) is 2.79. The summed E-state index contributed by atoms with van der Waals surface area (Å²) in [5.74, 6) is 0.476. The van der Waals surface area contributed by atoms with Crippen molar-refractivity contribution in [3.05, 3.63) is 33.2 Å². The van der Waals surface area contributed by atoms with Crippen LogP contribution in [0.15, 0.2) is 21.8 Å². The lowest BCUT2D eigenvalue weighted by Gasteiger charge is -2.11. The van der Waals surface area contributed by atoms with Crippen LogP contribution in [0.25, 0.3) is 0 Å². The molecule has 0 spiro atoms. The maximum Gasteiger partial charge on any atom is 0.408 e. The standard InChI is InChI=1S/C10H10BrF3N6O/c1-19-5-16-7(18-19)3-15-6-2-17-20(4-10(12,13)14)9(21)8(6)11/h2,5,15H,3-4H2,1H3. The van der Waals surface area contributed by atoms with Gasteiger partial charge in [0.2, 0.25) is 0 Å². The van der Waals surface area contributed by atoms with Crippen LogP contribution in [0.3, 0.4) is 0 Å². The quantitative estimate of drug-likeness (QED) is 0.882. The molecule has 0 saturated carbocycles. The lowest BCUT2D eigenvalue weighted by Crippen LogP contribution is -2.31. The number of aryl methyl sites for hydroxylation is 1. The molecular formula is C10H10BrF3N6O. The first-order valence-electron chi connectivity index (χ1n) is 5.67. The first-order valence-corrected chi connectivity index (χ1v) is 6.46. The minimum absolute atomic E-state index is 0.0299. The Balaban J connectivity index is 2.15. The van der Waals surface area contributed by atoms with Crippen molar-refractivity contribution in [3.63, 3.8) is 0 Å². The highest BCUT2D eigenvalue weighted by molar-refractivity contribution is 9.10. The van der Waals surface area contributed by atoms with Crippen molar-refractivity contribution in [2.24, 2.45) is 7.05 Å². The molecule has 21 heavy (non-hydrogen) atoms. The molecule has 0 aliphatic rings. The Morgan fingerprint density at radius 1 is 1.43 bits per heavy atom. The van der Waals surface area contributed by atoms with Crippen LogP contribution in [-0.4, -0.2) is 30.7 Å². The number of aromatic nitrogens is 5. The highest BCUT2D eigenvalue weighted by Gasteiger charge is 2.29. The van der Waals surface area contributed by atoms with Crippen LogP contribution >= 0.6 is 15.9 Å². The van der Waals surface area contributed by atoms with Crippen LogP contribution in [0.5, 0.6) is 0 Å². The van der Waals surface area contributed by atoms with Gasteiger partial charge in [0.25, 0.3) is 5.56 Å². The van der Waals surface area contributed by atoms with Crippen molar-refractivity contribution in [2.45, 2.75) is 19.3 Å². The van der Waals surface area contributed by atoms with Crippen molar-refractivity contribution >= 4 is 21.6 Å². The van der Waals surface area contributed by atoms with E-state index in [9.17, 15) is 18.0 Å². The van der Waals surface area contributed by atoms with E-state index in [1.807, 2.05) is 0 Å². The minimum atomic E-state index is -4.51. The monoisotopic (exact) mass is 366 g/mol. The highest BCUT2D eigenvalue weighted by Crippen LogP contribution is 2.19. The Bertz CT molecular complexity index is 695. The summed E-state index contributed by atoms with van der Waals surface area (Å²) in [6.45, 7) is -1.23. The van der Waals surface area contributed by atoms with Gasteiger partial charge < -0.3 is 5.32 Å². The predicted octanol–water partition coefficient (Wildman–Crippen LogP) is 1.31. The van der Waals surface area contributed by atoms with Crippen LogP contribution in [-0.2, 0) is 20.1 Å². The second-order valence-corrected chi connectivity index (χ2v) is 4.93. The fourth-order valence-corrected chi connectivity index (χ4v) is 1.96. The molecule has 0 aliphatic carbocycles. The van der Waals surface area contributed by atoms with Gasteiger partial charge in [-0.15, -0.1) is 0 Å². The Labute approximate surface area is 124 Å². The number of alkyl halides is 3. The maximum absolute atomic E-state index is 12.3. The number of rotatable bonds is 4. The summed E-state index contributed by atoms with van der Waals surface area (Å²) in [4.78, 5) is 15.7. The summed E-state index contributed by atoms with van der Waals surface area (Å²) in [7, 11) is 1.70. The molecule has 0 unspecified atom stereocenters. The van der Waals surface area contributed by atoms with E-state index in [1.54, 1.807) is 7.05 Å². The molecule has 2 aromatic heterocycles. The smallest absolute Gasteiger partial charge is 0.375 e. The van der Waals surface area contributed by atoms with Crippen LogP contribution in [0.2, 0.25) is 0 Å². The van der Waals surface area contributed by atoms with Gasteiger partial charge in [-0.2, -0.15) is 23.4 Å². The third-order valence-electron chi connectivity index (χ3n) is 2.40. The van der Waals surface area contributed by atoms with Crippen molar-refractivity contribution in [1.29, 1.82) is 0 Å². The van der Waals surface area contributed by atoms with E-state index in [-0.39, 0.29) is 16.7 Å². The first kappa shape index (κ1) is 15.5. The Hall–Kier alpha value is -1.91. The molecule has 1 N–H and O–H groups in total. The second-order valence-electron chi connectivity index (χ2n) is 4.14. The SMILES string of the molecule is Cn1cnc(CNc2cnn(CC(F)(F)F)c(=O)c2Br)n1. The molecule has 0 amide bonds. The zero-order valence-corrected chi connectivity index (χ0v) is 12.3. The number of anilines is 1. The van der Waals surface area contributed by atoms with Gasteiger partial charge in [-0.05, 0) is 15.9 Å². The van der Waals surface area contributed by atoms with Crippen LogP contribution in [0, 0.1) is 0 Å². The Kier molecular flexibility index (Phi) is 4.30. The highest BCUT2D eigenvalue weighted by atomic mass is 79.9. The van der Waals surface area contributed by atoms with E-state index >= 15 is 0 Å². The van der Waals surface area contributed by atoms with Crippen molar-refractivity contribution in [2.75, 3.05) is 5.32 Å². The third kappa shape index (κ3) is 4.03. The molecule has 0 saturated heterocycles. The molecule has 0 aliphatic heterocycles. The molecule has 114 valence electrons. The molecule has 0 fully saturated rings. The number of halogens is 4. The molecule has 2 rings (SSSR count). The number of hydrogen-bond acceptors (Lipinski definition) is 5. The molecule has 0 atom stereocenters. The maximum atomic E-state index is 12.3. The topological polar surface area (TPSA) is 77.6 Å². The number of nitrogens with zero attached hydrogens (tertiary/aromatic N) is 5. The molecular weight excluding hydrogens is 357 g/mol. The summed E-state index contributed by atoms with van der Waals surface area (Å²) in [6.07, 6.45) is -1.87. The third-order valence-corrected chi connectivity index (χ3v) is 3.16. The lowest BCUT2D eigenvalue weighted by molar-refractivity contribution is -0.143. The predicted molar refractivity (Wildman–Crippen MR) is 70.6 cm³/mol. The van der Waals surface area contributed by atoms with Gasteiger partial charge in [0.05, 0.1) is 18.4 Å². The zero-order chi connectivity index (χ0) is 15.6. The van der Waals surface area contributed by atoms with Gasteiger partial charge in [-0.25, -0.2) is 9.67 Å².